The molecule has 0 bridgehead atoms. The molecule has 0 N–H and O–H groups in total. The molecule has 4 aliphatic heterocycles. The summed E-state index contributed by atoms with van der Waals surface area (Å²) in [6.45, 7) is 43.3. The summed E-state index contributed by atoms with van der Waals surface area (Å²) in [5.41, 5.74) is 29.2. The number of anilines is 6. The van der Waals surface area contributed by atoms with Crippen molar-refractivity contribution in [3.63, 3.8) is 0 Å². The minimum Gasteiger partial charge on any atom is -0.311 e. The zero-order chi connectivity index (χ0) is 56.4. The fraction of sp³-hybridized carbons (Fsp3) is 0.316. The smallest absolute Gasteiger partial charge is 0.248 e. The number of hydrogen-bond acceptors (Lipinski definition) is 2. The standard InChI is InChI=1S/C76H78B2N2/c1-71(2,3)43-29-31-57-61(35-43)79(47-25-21-19-22-26-47)63-37-45(73(7,8)9)33-51-49-39-56(76(16,17)18)54-42-60-66-50(40-55(75(13,14)15)53-41-59(77(57)69(51)63)65(49)67(54)68(53)66)52-34-46(74(10,11)12)38-64-70(52)78(60)58-32-30-44(72(4,5)6)36-62(58)80(64)48-27-23-20-24-28-48/h19-42H,1-18H3. The second-order valence-corrected chi connectivity index (χ2v) is 30.6. The Balaban J connectivity index is 1.20. The van der Waals surface area contributed by atoms with Crippen molar-refractivity contribution in [2.75, 3.05) is 9.80 Å². The van der Waals surface area contributed by atoms with E-state index in [1.165, 1.54) is 155 Å². The molecule has 0 amide bonds. The van der Waals surface area contributed by atoms with Crippen molar-refractivity contribution in [1.29, 1.82) is 0 Å². The van der Waals surface area contributed by atoms with Crippen LogP contribution < -0.4 is 42.6 Å². The normalized spacial score (nSPS) is 14.8. The monoisotopic (exact) mass is 1040 g/mol. The molecule has 0 aliphatic carbocycles. The summed E-state index contributed by atoms with van der Waals surface area (Å²) in [5.74, 6) is 0. The largest absolute Gasteiger partial charge is 0.311 e. The van der Waals surface area contributed by atoms with E-state index in [1.807, 2.05) is 0 Å². The van der Waals surface area contributed by atoms with Crippen LogP contribution in [0.3, 0.4) is 0 Å². The summed E-state index contributed by atoms with van der Waals surface area (Å²) in [4.78, 5) is 5.24. The molecule has 0 aromatic heterocycles. The van der Waals surface area contributed by atoms with Crippen molar-refractivity contribution in [2.24, 2.45) is 0 Å². The highest BCUT2D eigenvalue weighted by molar-refractivity contribution is 7.02. The Labute approximate surface area is 478 Å². The molecule has 398 valence electrons. The molecule has 4 heterocycles. The van der Waals surface area contributed by atoms with E-state index >= 15 is 0 Å². The van der Waals surface area contributed by atoms with Crippen molar-refractivity contribution in [1.82, 2.24) is 0 Å². The van der Waals surface area contributed by atoms with E-state index in [0.29, 0.717) is 0 Å². The van der Waals surface area contributed by atoms with E-state index in [0.717, 1.165) is 0 Å². The number of rotatable bonds is 2. The summed E-state index contributed by atoms with van der Waals surface area (Å²) in [6, 6.07) is 58.5. The molecule has 80 heavy (non-hydrogen) atoms. The minimum absolute atomic E-state index is 0.0151. The van der Waals surface area contributed by atoms with Crippen LogP contribution in [-0.4, -0.2) is 13.4 Å². The summed E-state index contributed by atoms with van der Waals surface area (Å²) in [5, 5.41) is 8.55. The SMILES string of the molecule is CC(C)(C)c1ccc2c(c1)N(c1ccccc1)c1cc(C(C)(C)C)cc3c1B2c1cc2c(C(C)(C)C)cc4c5c(cc6c(C(C)(C)C)cc-3c1c6c25)B1c2ccc(C(C)(C)C)cc2N(c2ccccc2)c2cc(C(C)(C)C)cc-4c21. The maximum Gasteiger partial charge on any atom is 0.248 e. The first kappa shape index (κ1) is 51.1. The Morgan fingerprint density at radius 1 is 0.275 bits per heavy atom. The molecule has 0 atom stereocenters. The van der Waals surface area contributed by atoms with Gasteiger partial charge in [0.05, 0.1) is 0 Å². The van der Waals surface area contributed by atoms with Gasteiger partial charge in [0.1, 0.15) is 0 Å². The second kappa shape index (κ2) is 16.3. The molecule has 0 saturated heterocycles. The molecule has 4 heteroatoms. The molecule has 14 rings (SSSR count). The third kappa shape index (κ3) is 7.25. The molecule has 0 fully saturated rings. The average Bonchev–Trinajstić information content (AvgIpc) is 0.888. The van der Waals surface area contributed by atoms with Crippen molar-refractivity contribution in [3.05, 3.63) is 179 Å². The second-order valence-electron chi connectivity index (χ2n) is 30.6. The van der Waals surface area contributed by atoms with Gasteiger partial charge in [0.15, 0.2) is 0 Å². The van der Waals surface area contributed by atoms with Gasteiger partial charge in [-0.05, 0) is 203 Å². The number of benzene rings is 10. The van der Waals surface area contributed by atoms with Crippen molar-refractivity contribution >= 4 is 113 Å². The Morgan fingerprint density at radius 3 is 0.938 bits per heavy atom. The molecule has 4 aliphatic rings. The van der Waals surface area contributed by atoms with Crippen LogP contribution in [0.5, 0.6) is 0 Å². The Kier molecular flexibility index (Phi) is 10.4. The summed E-state index contributed by atoms with van der Waals surface area (Å²) < 4.78 is 0. The highest BCUT2D eigenvalue weighted by atomic mass is 15.2. The topological polar surface area (TPSA) is 6.48 Å². The zero-order valence-electron chi connectivity index (χ0n) is 50.9. The average molecular weight is 1040 g/mol. The van der Waals surface area contributed by atoms with E-state index in [-0.39, 0.29) is 45.9 Å². The third-order valence-electron chi connectivity index (χ3n) is 19.0. The van der Waals surface area contributed by atoms with Crippen LogP contribution in [0.2, 0.25) is 0 Å². The van der Waals surface area contributed by atoms with Gasteiger partial charge in [-0.25, -0.2) is 0 Å². The van der Waals surface area contributed by atoms with Gasteiger partial charge in [-0.2, -0.15) is 0 Å². The Hall–Kier alpha value is -7.03. The van der Waals surface area contributed by atoms with Gasteiger partial charge in [-0.1, -0.05) is 220 Å². The lowest BCUT2D eigenvalue weighted by Crippen LogP contribution is -2.60. The van der Waals surface area contributed by atoms with Gasteiger partial charge in [-0.15, -0.1) is 0 Å². The number of fused-ring (bicyclic) bond motifs is 8. The molecule has 0 spiro atoms. The van der Waals surface area contributed by atoms with Gasteiger partial charge in [0, 0.05) is 34.1 Å². The van der Waals surface area contributed by atoms with Crippen LogP contribution in [0.15, 0.2) is 146 Å². The molecule has 10 aromatic carbocycles. The van der Waals surface area contributed by atoms with E-state index in [1.54, 1.807) is 0 Å². The number of para-hydroxylation sites is 2. The lowest BCUT2D eigenvalue weighted by molar-refractivity contribution is 0.589. The fourth-order valence-electron chi connectivity index (χ4n) is 14.8. The minimum atomic E-state index is -0.179. The maximum absolute atomic E-state index is 2.73. The first-order chi connectivity index (χ1) is 37.5. The zero-order valence-corrected chi connectivity index (χ0v) is 50.9. The first-order valence-electron chi connectivity index (χ1n) is 29.7. The van der Waals surface area contributed by atoms with Gasteiger partial charge < -0.3 is 9.80 Å². The van der Waals surface area contributed by atoms with Crippen molar-refractivity contribution in [3.8, 4) is 22.3 Å². The highest BCUT2D eigenvalue weighted by Crippen LogP contribution is 2.53. The van der Waals surface area contributed by atoms with Crippen LogP contribution >= 0.6 is 0 Å². The Bertz CT molecular complexity index is 4010. The van der Waals surface area contributed by atoms with E-state index in [9.17, 15) is 0 Å². The van der Waals surface area contributed by atoms with Crippen LogP contribution in [-0.2, 0) is 32.5 Å². The van der Waals surface area contributed by atoms with Crippen molar-refractivity contribution < 1.29 is 0 Å². The van der Waals surface area contributed by atoms with Gasteiger partial charge >= 0.3 is 0 Å². The lowest BCUT2D eigenvalue weighted by atomic mass is 9.31. The predicted molar refractivity (Wildman–Crippen MR) is 352 cm³/mol. The van der Waals surface area contributed by atoms with Gasteiger partial charge in [0.25, 0.3) is 0 Å². The van der Waals surface area contributed by atoms with E-state index in [4.69, 9.17) is 0 Å². The van der Waals surface area contributed by atoms with E-state index < -0.39 is 0 Å². The highest BCUT2D eigenvalue weighted by Gasteiger charge is 2.47. The van der Waals surface area contributed by atoms with Crippen LogP contribution in [0.4, 0.5) is 34.1 Å². The lowest BCUT2D eigenvalue weighted by Gasteiger charge is -2.44. The third-order valence-corrected chi connectivity index (χ3v) is 19.0. The molecular weight excluding hydrogens is 962 g/mol. The molecule has 0 radical (unpaired) electrons. The summed E-state index contributed by atoms with van der Waals surface area (Å²) in [7, 11) is 0. The predicted octanol–water partition coefficient (Wildman–Crippen LogP) is 16.9. The molecular formula is C76H78B2N2. The van der Waals surface area contributed by atoms with Crippen molar-refractivity contribution in [2.45, 2.75) is 157 Å². The van der Waals surface area contributed by atoms with Crippen LogP contribution in [0.1, 0.15) is 158 Å². The fourth-order valence-corrected chi connectivity index (χ4v) is 14.8. The first-order valence-corrected chi connectivity index (χ1v) is 29.7. The van der Waals surface area contributed by atoms with Crippen LogP contribution in [0, 0.1) is 0 Å². The number of nitrogens with zero attached hydrogens (tertiary/aromatic N) is 2. The quantitative estimate of drug-likeness (QED) is 0.126. The molecule has 0 unspecified atom stereocenters. The van der Waals surface area contributed by atoms with Crippen LogP contribution in [0.25, 0.3) is 54.6 Å². The molecule has 0 saturated carbocycles. The summed E-state index contributed by atoms with van der Waals surface area (Å²) >= 11 is 0. The Morgan fingerprint density at radius 2 is 0.613 bits per heavy atom. The van der Waals surface area contributed by atoms with E-state index in [2.05, 4.69) is 280 Å². The van der Waals surface area contributed by atoms with Gasteiger partial charge in [0.2, 0.25) is 13.4 Å². The number of hydrogen-bond donors (Lipinski definition) is 0. The maximum atomic E-state index is 2.73. The molecule has 2 nitrogen and oxygen atoms in total. The van der Waals surface area contributed by atoms with Gasteiger partial charge in [-0.3, -0.25) is 0 Å². The summed E-state index contributed by atoms with van der Waals surface area (Å²) in [6.07, 6.45) is 0. The molecule has 10 aromatic rings.